The van der Waals surface area contributed by atoms with Gasteiger partial charge >= 0.3 is 6.18 Å². The Morgan fingerprint density at radius 1 is 1.05 bits per heavy atom. The van der Waals surface area contributed by atoms with E-state index in [1.54, 1.807) is 32.3 Å². The van der Waals surface area contributed by atoms with Crippen LogP contribution in [-0.4, -0.2) is 79.3 Å². The van der Waals surface area contributed by atoms with E-state index in [1.165, 1.54) is 30.1 Å². The zero-order chi connectivity index (χ0) is 28.3. The lowest BCUT2D eigenvalue weighted by Crippen LogP contribution is -2.55. The Balaban J connectivity index is 1.57. The van der Waals surface area contributed by atoms with Crippen molar-refractivity contribution in [2.45, 2.75) is 43.1 Å². The maximum Gasteiger partial charge on any atom is 0.430 e. The number of piperidine rings is 1. The Morgan fingerprint density at radius 2 is 1.66 bits per heavy atom. The van der Waals surface area contributed by atoms with Crippen molar-refractivity contribution in [2.75, 3.05) is 45.7 Å². The Hall–Kier alpha value is -2.85. The maximum absolute atomic E-state index is 15.5. The summed E-state index contributed by atoms with van der Waals surface area (Å²) in [5, 5.41) is 10.8. The van der Waals surface area contributed by atoms with Crippen LogP contribution in [0.2, 0.25) is 5.02 Å². The molecule has 2 aromatic rings. The van der Waals surface area contributed by atoms with Gasteiger partial charge in [0.2, 0.25) is 0 Å². The molecule has 0 bridgehead atoms. The van der Waals surface area contributed by atoms with Crippen LogP contribution in [0.25, 0.3) is 0 Å². The number of rotatable bonds is 8. The maximum atomic E-state index is 15.5. The number of alkyl halides is 4. The largest absolute Gasteiger partial charge is 0.430 e. The lowest BCUT2D eigenvalue weighted by Gasteiger charge is -2.38. The van der Waals surface area contributed by atoms with Gasteiger partial charge in [0.05, 0.1) is 10.6 Å². The minimum absolute atomic E-state index is 0.0608. The van der Waals surface area contributed by atoms with Gasteiger partial charge in [-0.25, -0.2) is 4.39 Å². The van der Waals surface area contributed by atoms with Gasteiger partial charge in [-0.1, -0.05) is 41.9 Å². The van der Waals surface area contributed by atoms with E-state index in [0.29, 0.717) is 23.7 Å². The smallest absolute Gasteiger partial charge is 0.371 e. The molecule has 11 heteroatoms. The second-order valence-electron chi connectivity index (χ2n) is 9.91. The first-order chi connectivity index (χ1) is 17.7. The molecule has 0 unspecified atom stereocenters. The molecule has 1 saturated heterocycles. The molecule has 0 saturated carbocycles. The van der Waals surface area contributed by atoms with Gasteiger partial charge in [-0.05, 0) is 43.9 Å². The monoisotopic (exact) mass is 557 g/mol. The minimum atomic E-state index is -5.23. The summed E-state index contributed by atoms with van der Waals surface area (Å²) in [7, 11) is 4.43. The van der Waals surface area contributed by atoms with Crippen LogP contribution in [-0.2, 0) is 10.4 Å². The molecular formula is C27H32ClF4N3O3. The molecule has 1 N–H and O–H groups in total. The van der Waals surface area contributed by atoms with Crippen LogP contribution in [0.15, 0.2) is 48.5 Å². The number of carbonyl (C=O) groups is 2. The van der Waals surface area contributed by atoms with Crippen LogP contribution >= 0.6 is 11.6 Å². The van der Waals surface area contributed by atoms with Gasteiger partial charge in [0.25, 0.3) is 17.4 Å². The fraction of sp³-hybridized carbons (Fsp3) is 0.481. The van der Waals surface area contributed by atoms with Crippen LogP contribution in [0, 0.1) is 0 Å². The van der Waals surface area contributed by atoms with Crippen LogP contribution < -0.4 is 4.90 Å². The molecule has 1 fully saturated rings. The Bertz CT molecular complexity index is 1140. The molecule has 1 aliphatic heterocycles. The predicted octanol–water partition coefficient (Wildman–Crippen LogP) is 5.04. The highest BCUT2D eigenvalue weighted by molar-refractivity contribution is 6.34. The number of nitrogens with zero attached hydrogens (tertiary/aromatic N) is 3. The highest BCUT2D eigenvalue weighted by atomic mass is 35.5. The third kappa shape index (κ3) is 6.23. The molecule has 208 valence electrons. The SMILES string of the molecule is CN(C)C(=O)c1ccc(N2CCC(F)(CCCN(C)C(=O)[C@](O)(c3ccccc3)C(F)(F)F)CC2)cc1Cl. The van der Waals surface area contributed by atoms with E-state index in [9.17, 15) is 27.9 Å². The average molecular weight is 558 g/mol. The molecule has 38 heavy (non-hydrogen) atoms. The summed E-state index contributed by atoms with van der Waals surface area (Å²) in [6.07, 6.45) is -4.65. The summed E-state index contributed by atoms with van der Waals surface area (Å²) < 4.78 is 56.9. The molecular weight excluding hydrogens is 526 g/mol. The van der Waals surface area contributed by atoms with E-state index < -0.39 is 28.9 Å². The van der Waals surface area contributed by atoms with E-state index in [4.69, 9.17) is 11.6 Å². The first-order valence-corrected chi connectivity index (χ1v) is 12.6. The van der Waals surface area contributed by atoms with Gasteiger partial charge in [-0.3, -0.25) is 9.59 Å². The molecule has 2 amide bonds. The topological polar surface area (TPSA) is 64.1 Å². The second-order valence-corrected chi connectivity index (χ2v) is 10.3. The molecule has 6 nitrogen and oxygen atoms in total. The van der Waals surface area contributed by atoms with Crippen molar-refractivity contribution in [1.82, 2.24) is 9.80 Å². The molecule has 0 radical (unpaired) electrons. The van der Waals surface area contributed by atoms with Gasteiger partial charge in [-0.2, -0.15) is 13.2 Å². The number of likely N-dealkylation sites (N-methyl/N-ethyl adjacent to an activating group) is 1. The molecule has 1 heterocycles. The molecule has 3 rings (SSSR count). The second kappa shape index (κ2) is 11.5. The number of aliphatic hydroxyl groups is 1. The van der Waals surface area contributed by atoms with Crippen molar-refractivity contribution >= 4 is 29.1 Å². The van der Waals surface area contributed by atoms with E-state index in [0.717, 1.165) is 22.7 Å². The number of anilines is 1. The third-order valence-corrected chi connectivity index (χ3v) is 7.30. The van der Waals surface area contributed by atoms with Crippen LogP contribution in [0.1, 0.15) is 41.6 Å². The van der Waals surface area contributed by atoms with Crippen molar-refractivity contribution in [3.8, 4) is 0 Å². The fourth-order valence-electron chi connectivity index (χ4n) is 4.63. The number of carbonyl (C=O) groups excluding carboxylic acids is 2. The lowest BCUT2D eigenvalue weighted by atomic mass is 9.88. The minimum Gasteiger partial charge on any atom is -0.371 e. The molecule has 0 aromatic heterocycles. The molecule has 2 aromatic carbocycles. The molecule has 0 aliphatic carbocycles. The number of halogens is 5. The zero-order valence-corrected chi connectivity index (χ0v) is 22.3. The summed E-state index contributed by atoms with van der Waals surface area (Å²) in [6, 6.07) is 11.3. The number of hydrogen-bond acceptors (Lipinski definition) is 4. The van der Waals surface area contributed by atoms with Gasteiger partial charge in [0.1, 0.15) is 5.67 Å². The normalized spacial score (nSPS) is 17.0. The summed E-state index contributed by atoms with van der Waals surface area (Å²) in [5.41, 5.74) is -4.65. The van der Waals surface area contributed by atoms with E-state index >= 15 is 4.39 Å². The molecule has 1 atom stereocenters. The highest BCUT2D eigenvalue weighted by Gasteiger charge is 2.61. The third-order valence-electron chi connectivity index (χ3n) is 6.99. The van der Waals surface area contributed by atoms with Crippen LogP contribution in [0.3, 0.4) is 0 Å². The summed E-state index contributed by atoms with van der Waals surface area (Å²) >= 11 is 6.30. The lowest BCUT2D eigenvalue weighted by molar-refractivity contribution is -0.261. The van der Waals surface area contributed by atoms with E-state index in [-0.39, 0.29) is 38.1 Å². The van der Waals surface area contributed by atoms with Crippen LogP contribution in [0.5, 0.6) is 0 Å². The van der Waals surface area contributed by atoms with Gasteiger partial charge in [0, 0.05) is 52.0 Å². The van der Waals surface area contributed by atoms with Gasteiger partial charge < -0.3 is 19.8 Å². The Kier molecular flexibility index (Phi) is 8.98. The number of benzene rings is 2. The Labute approximate surface area is 224 Å². The first kappa shape index (κ1) is 29.7. The first-order valence-electron chi connectivity index (χ1n) is 12.2. The zero-order valence-electron chi connectivity index (χ0n) is 21.6. The number of amides is 2. The van der Waals surface area contributed by atoms with E-state index in [1.807, 2.05) is 4.90 Å². The Morgan fingerprint density at radius 3 is 2.18 bits per heavy atom. The fourth-order valence-corrected chi connectivity index (χ4v) is 4.88. The highest BCUT2D eigenvalue weighted by Crippen LogP contribution is 2.40. The quantitative estimate of drug-likeness (QED) is 0.462. The predicted molar refractivity (Wildman–Crippen MR) is 138 cm³/mol. The molecule has 0 spiro atoms. The van der Waals surface area contributed by atoms with Crippen molar-refractivity contribution in [3.05, 3.63) is 64.7 Å². The summed E-state index contributed by atoms with van der Waals surface area (Å²) in [5.74, 6) is -1.73. The van der Waals surface area contributed by atoms with Gasteiger partial charge in [0.15, 0.2) is 0 Å². The van der Waals surface area contributed by atoms with Crippen LogP contribution in [0.4, 0.5) is 23.2 Å². The van der Waals surface area contributed by atoms with Crippen molar-refractivity contribution in [1.29, 1.82) is 0 Å². The summed E-state index contributed by atoms with van der Waals surface area (Å²) in [6.45, 7) is 0.644. The van der Waals surface area contributed by atoms with Crippen molar-refractivity contribution in [3.63, 3.8) is 0 Å². The van der Waals surface area contributed by atoms with Gasteiger partial charge in [-0.15, -0.1) is 0 Å². The van der Waals surface area contributed by atoms with Crippen molar-refractivity contribution < 1.29 is 32.3 Å². The average Bonchev–Trinajstić information content (AvgIpc) is 2.87. The molecule has 1 aliphatic rings. The van der Waals surface area contributed by atoms with Crippen molar-refractivity contribution in [2.24, 2.45) is 0 Å². The number of hydrogen-bond donors (Lipinski definition) is 1. The van der Waals surface area contributed by atoms with E-state index in [2.05, 4.69) is 0 Å². The summed E-state index contributed by atoms with van der Waals surface area (Å²) in [4.78, 5) is 29.1. The standard InChI is InChI=1S/C27H32ClF4N3O3/c1-33(2)23(36)21-11-10-20(18-22(21)28)35-16-13-25(29,14-17-35)12-7-15-34(3)24(37)26(38,27(30,31)32)19-8-5-4-6-9-19/h4-6,8-11,18,38H,7,12-17H2,1-3H3/t26-/m1/s1.